The maximum atomic E-state index is 14.0. The maximum absolute atomic E-state index is 14.0. The molecule has 0 radical (unpaired) electrons. The lowest BCUT2D eigenvalue weighted by Crippen LogP contribution is -2.52. The minimum atomic E-state index is -3.65. The zero-order valence-electron chi connectivity index (χ0n) is 24.7. The molecular weight excluding hydrogens is 630 g/mol. The molecule has 1 aliphatic carbocycles. The topological polar surface area (TPSA) is 96.0 Å². The van der Waals surface area contributed by atoms with E-state index in [0.717, 1.165) is 47.5 Å². The molecule has 0 saturated heterocycles. The quantitative estimate of drug-likeness (QED) is 0.238. The largest absolute Gasteiger partial charge is 0.495 e. The first kappa shape index (κ1) is 32.5. The summed E-state index contributed by atoms with van der Waals surface area (Å²) in [4.78, 5) is 29.5. The minimum Gasteiger partial charge on any atom is -0.495 e. The fraction of sp³-hybridized carbons (Fsp3) is 0.394. The van der Waals surface area contributed by atoms with Crippen molar-refractivity contribution in [3.05, 3.63) is 94.5 Å². The number of halogens is 1. The number of methoxy groups -OCH3 is 1. The Bertz CT molecular complexity index is 1460. The van der Waals surface area contributed by atoms with Gasteiger partial charge in [-0.15, -0.1) is 0 Å². The lowest BCUT2D eigenvalue weighted by atomic mass is 10.0. The summed E-state index contributed by atoms with van der Waals surface area (Å²) in [5, 5.41) is 3.22. The predicted molar refractivity (Wildman–Crippen MR) is 173 cm³/mol. The van der Waals surface area contributed by atoms with Gasteiger partial charge in [0.1, 0.15) is 11.8 Å². The summed E-state index contributed by atoms with van der Waals surface area (Å²) in [6.07, 6.45) is 5.90. The van der Waals surface area contributed by atoms with Gasteiger partial charge in [-0.3, -0.25) is 13.9 Å². The van der Waals surface area contributed by atoms with Crippen LogP contribution in [0.5, 0.6) is 5.75 Å². The number of carbonyl (C=O) groups is 2. The van der Waals surface area contributed by atoms with Crippen molar-refractivity contribution in [1.29, 1.82) is 0 Å². The van der Waals surface area contributed by atoms with Crippen LogP contribution in [0.3, 0.4) is 0 Å². The molecule has 1 aliphatic rings. The molecule has 1 atom stereocenters. The molecule has 0 spiro atoms. The van der Waals surface area contributed by atoms with Gasteiger partial charge < -0.3 is 15.0 Å². The van der Waals surface area contributed by atoms with E-state index in [4.69, 9.17) is 4.74 Å². The number of sulfonamides is 1. The summed E-state index contributed by atoms with van der Waals surface area (Å²) in [6.45, 7) is 0.346. The Morgan fingerprint density at radius 3 is 2.26 bits per heavy atom. The van der Waals surface area contributed by atoms with Crippen LogP contribution in [0.15, 0.2) is 83.3 Å². The third-order valence-electron chi connectivity index (χ3n) is 7.74. The number of amides is 2. The Morgan fingerprint density at radius 1 is 0.953 bits per heavy atom. The fourth-order valence-electron chi connectivity index (χ4n) is 5.53. The van der Waals surface area contributed by atoms with Crippen LogP contribution in [-0.4, -0.2) is 57.1 Å². The van der Waals surface area contributed by atoms with Gasteiger partial charge in [0.2, 0.25) is 21.8 Å². The number of nitrogens with one attached hydrogen (secondary N) is 1. The average molecular weight is 671 g/mol. The zero-order chi connectivity index (χ0) is 30.8. The third-order valence-corrected chi connectivity index (χ3v) is 9.45. The van der Waals surface area contributed by atoms with Crippen molar-refractivity contribution >= 4 is 43.5 Å². The van der Waals surface area contributed by atoms with E-state index in [1.807, 2.05) is 54.6 Å². The first-order valence-corrected chi connectivity index (χ1v) is 17.3. The van der Waals surface area contributed by atoms with E-state index in [0.29, 0.717) is 17.9 Å². The van der Waals surface area contributed by atoms with Crippen molar-refractivity contribution in [1.82, 2.24) is 10.2 Å². The van der Waals surface area contributed by atoms with Gasteiger partial charge in [0.05, 0.1) is 19.1 Å². The molecule has 1 saturated carbocycles. The highest BCUT2D eigenvalue weighted by Gasteiger charge is 2.32. The SMILES string of the molecule is COc1ccccc1N(CCCC(=O)N(Cc1ccc(Br)cc1)[C@H](Cc1ccccc1)C(=O)NC1CCCC1)S(C)(=O)=O. The van der Waals surface area contributed by atoms with Crippen LogP contribution in [0.1, 0.15) is 49.7 Å². The van der Waals surface area contributed by atoms with Gasteiger partial charge in [-0.2, -0.15) is 0 Å². The molecule has 1 fully saturated rings. The molecule has 2 amide bonds. The van der Waals surface area contributed by atoms with Crippen LogP contribution in [0, 0.1) is 0 Å². The van der Waals surface area contributed by atoms with Crippen molar-refractivity contribution in [2.75, 3.05) is 24.2 Å². The predicted octanol–water partition coefficient (Wildman–Crippen LogP) is 5.70. The molecule has 0 unspecified atom stereocenters. The molecule has 10 heteroatoms. The highest BCUT2D eigenvalue weighted by Crippen LogP contribution is 2.30. The van der Waals surface area contributed by atoms with Crippen LogP contribution < -0.4 is 14.4 Å². The van der Waals surface area contributed by atoms with Crippen LogP contribution >= 0.6 is 15.9 Å². The highest BCUT2D eigenvalue weighted by molar-refractivity contribution is 9.10. The van der Waals surface area contributed by atoms with Gasteiger partial charge in [-0.1, -0.05) is 83.4 Å². The summed E-state index contributed by atoms with van der Waals surface area (Å²) in [5.41, 5.74) is 2.28. The first-order valence-electron chi connectivity index (χ1n) is 14.6. The second-order valence-electron chi connectivity index (χ2n) is 11.0. The Kier molecular flexibility index (Phi) is 11.6. The number of anilines is 1. The summed E-state index contributed by atoms with van der Waals surface area (Å²) < 4.78 is 33.1. The normalized spacial score (nSPS) is 14.2. The first-order chi connectivity index (χ1) is 20.7. The van der Waals surface area contributed by atoms with Crippen molar-refractivity contribution in [2.24, 2.45) is 0 Å². The number of ether oxygens (including phenoxy) is 1. The Hall–Kier alpha value is -3.37. The third kappa shape index (κ3) is 9.31. The molecular formula is C33H40BrN3O5S. The summed E-state index contributed by atoms with van der Waals surface area (Å²) in [6, 6.07) is 23.7. The summed E-state index contributed by atoms with van der Waals surface area (Å²) in [7, 11) is -2.15. The molecule has 3 aromatic carbocycles. The van der Waals surface area contributed by atoms with E-state index in [1.54, 1.807) is 29.2 Å². The number of carbonyl (C=O) groups excluding carboxylic acids is 2. The standard InChI is InChI=1S/C33H40BrN3O5S/c1-42-31-16-9-8-15-29(31)37(43(2,40)41)22-10-17-32(38)36(24-26-18-20-27(34)21-19-26)30(23-25-11-4-3-5-12-25)33(39)35-28-13-6-7-14-28/h3-5,8-9,11-12,15-16,18-21,28,30H,6-7,10,13-14,17,22-24H2,1-2H3,(H,35,39)/t30-/m1/s1. The number of hydrogen-bond acceptors (Lipinski definition) is 5. The number of hydrogen-bond donors (Lipinski definition) is 1. The van der Waals surface area contributed by atoms with E-state index in [2.05, 4.69) is 21.2 Å². The number of rotatable bonds is 14. The van der Waals surface area contributed by atoms with Crippen molar-refractivity contribution in [2.45, 2.75) is 63.6 Å². The molecule has 43 heavy (non-hydrogen) atoms. The second kappa shape index (κ2) is 15.4. The van der Waals surface area contributed by atoms with Gasteiger partial charge in [0.25, 0.3) is 0 Å². The molecule has 0 heterocycles. The van der Waals surface area contributed by atoms with Gasteiger partial charge in [-0.05, 0) is 54.7 Å². The Balaban J connectivity index is 1.59. The highest BCUT2D eigenvalue weighted by atomic mass is 79.9. The molecule has 230 valence electrons. The smallest absolute Gasteiger partial charge is 0.243 e. The van der Waals surface area contributed by atoms with Crippen LogP contribution in [0.25, 0.3) is 0 Å². The van der Waals surface area contributed by atoms with Crippen molar-refractivity contribution < 1.29 is 22.7 Å². The molecule has 0 bridgehead atoms. The average Bonchev–Trinajstić information content (AvgIpc) is 3.51. The second-order valence-corrected chi connectivity index (χ2v) is 13.8. The monoisotopic (exact) mass is 669 g/mol. The van der Waals surface area contributed by atoms with E-state index in [-0.39, 0.29) is 43.8 Å². The zero-order valence-corrected chi connectivity index (χ0v) is 27.1. The van der Waals surface area contributed by atoms with E-state index in [9.17, 15) is 18.0 Å². The Morgan fingerprint density at radius 2 is 1.60 bits per heavy atom. The maximum Gasteiger partial charge on any atom is 0.243 e. The van der Waals surface area contributed by atoms with Gasteiger partial charge in [-0.25, -0.2) is 8.42 Å². The van der Waals surface area contributed by atoms with Crippen molar-refractivity contribution in [3.63, 3.8) is 0 Å². The number of para-hydroxylation sites is 2. The molecule has 1 N–H and O–H groups in total. The lowest BCUT2D eigenvalue weighted by molar-refractivity contribution is -0.141. The fourth-order valence-corrected chi connectivity index (χ4v) is 6.76. The summed E-state index contributed by atoms with van der Waals surface area (Å²) in [5.74, 6) is 0.0644. The molecule has 0 aliphatic heterocycles. The molecule has 4 rings (SSSR count). The van der Waals surface area contributed by atoms with Crippen LogP contribution in [-0.2, 0) is 32.6 Å². The van der Waals surface area contributed by atoms with Crippen LogP contribution in [0.4, 0.5) is 5.69 Å². The minimum absolute atomic E-state index is 0.0691. The number of nitrogens with zero attached hydrogens (tertiary/aromatic N) is 2. The Labute approximate surface area is 263 Å². The van der Waals surface area contributed by atoms with E-state index >= 15 is 0 Å². The molecule has 8 nitrogen and oxygen atoms in total. The van der Waals surface area contributed by atoms with Crippen molar-refractivity contribution in [3.8, 4) is 5.75 Å². The van der Waals surface area contributed by atoms with E-state index < -0.39 is 16.1 Å². The lowest BCUT2D eigenvalue weighted by Gasteiger charge is -2.33. The summed E-state index contributed by atoms with van der Waals surface area (Å²) >= 11 is 3.47. The molecule has 3 aromatic rings. The molecule has 0 aromatic heterocycles. The van der Waals surface area contributed by atoms with Gasteiger partial charge in [0.15, 0.2) is 0 Å². The van der Waals surface area contributed by atoms with Gasteiger partial charge >= 0.3 is 0 Å². The van der Waals surface area contributed by atoms with Gasteiger partial charge in [0, 0.05) is 36.4 Å². The number of benzene rings is 3. The van der Waals surface area contributed by atoms with Crippen LogP contribution in [0.2, 0.25) is 0 Å². The van der Waals surface area contributed by atoms with E-state index in [1.165, 1.54) is 11.4 Å².